The molecule has 0 bridgehead atoms. The molecule has 0 saturated heterocycles. The molecule has 21 heavy (non-hydrogen) atoms. The average molecular weight is 313 g/mol. The lowest BCUT2D eigenvalue weighted by Crippen LogP contribution is -2.42. The summed E-state index contributed by atoms with van der Waals surface area (Å²) in [5.41, 5.74) is 0.629. The van der Waals surface area contributed by atoms with E-state index in [1.54, 1.807) is 24.3 Å². The van der Waals surface area contributed by atoms with Crippen LogP contribution >= 0.6 is 11.6 Å². The van der Waals surface area contributed by atoms with Crippen molar-refractivity contribution in [3.8, 4) is 0 Å². The van der Waals surface area contributed by atoms with Crippen LogP contribution in [0.3, 0.4) is 0 Å². The van der Waals surface area contributed by atoms with Gasteiger partial charge in [-0.2, -0.15) is 0 Å². The van der Waals surface area contributed by atoms with Crippen LogP contribution in [-0.4, -0.2) is 29.6 Å². The third-order valence-electron chi connectivity index (χ3n) is 3.30. The second kappa shape index (κ2) is 8.64. The summed E-state index contributed by atoms with van der Waals surface area (Å²) < 4.78 is 0. The van der Waals surface area contributed by atoms with E-state index in [9.17, 15) is 9.59 Å². The number of carboxylic acids is 1. The molecular weight excluding hydrogens is 292 g/mol. The highest BCUT2D eigenvalue weighted by atomic mass is 35.5. The monoisotopic (exact) mass is 312 g/mol. The first-order chi connectivity index (χ1) is 9.93. The molecule has 3 N–H and O–H groups in total. The standard InChI is InChI=1S/C15H21ClN2O3/c1-3-10(2)14(15(20)21)17-8-7-13(19)18-12-6-4-5-11(16)9-12/h4-6,9-10,14,17H,3,7-8H2,1-2H3,(H,18,19)(H,20,21)/t10-,14-/m0/s1. The molecule has 5 nitrogen and oxygen atoms in total. The minimum Gasteiger partial charge on any atom is -0.480 e. The van der Waals surface area contributed by atoms with E-state index in [2.05, 4.69) is 10.6 Å². The minimum absolute atomic E-state index is 0.0125. The van der Waals surface area contributed by atoms with Crippen molar-refractivity contribution in [2.75, 3.05) is 11.9 Å². The first-order valence-corrected chi connectivity index (χ1v) is 7.33. The van der Waals surface area contributed by atoms with Gasteiger partial charge in [0, 0.05) is 23.7 Å². The van der Waals surface area contributed by atoms with Gasteiger partial charge in [0.15, 0.2) is 0 Å². The van der Waals surface area contributed by atoms with Crippen molar-refractivity contribution in [1.82, 2.24) is 5.32 Å². The molecule has 0 unspecified atom stereocenters. The number of carboxylic acid groups (broad SMARTS) is 1. The molecular formula is C15H21ClN2O3. The quantitative estimate of drug-likeness (QED) is 0.689. The Kier molecular flexibility index (Phi) is 7.19. The molecule has 0 fully saturated rings. The fraction of sp³-hybridized carbons (Fsp3) is 0.467. The van der Waals surface area contributed by atoms with Crippen molar-refractivity contribution in [3.63, 3.8) is 0 Å². The Bertz CT molecular complexity index is 494. The van der Waals surface area contributed by atoms with E-state index < -0.39 is 12.0 Å². The molecule has 1 amide bonds. The largest absolute Gasteiger partial charge is 0.480 e. The van der Waals surface area contributed by atoms with Gasteiger partial charge in [-0.15, -0.1) is 0 Å². The van der Waals surface area contributed by atoms with E-state index in [0.29, 0.717) is 17.3 Å². The summed E-state index contributed by atoms with van der Waals surface area (Å²) in [6.07, 6.45) is 0.964. The van der Waals surface area contributed by atoms with Gasteiger partial charge < -0.3 is 15.7 Å². The van der Waals surface area contributed by atoms with Gasteiger partial charge in [-0.3, -0.25) is 9.59 Å². The predicted molar refractivity (Wildman–Crippen MR) is 83.6 cm³/mol. The van der Waals surface area contributed by atoms with Crippen LogP contribution in [0.4, 0.5) is 5.69 Å². The van der Waals surface area contributed by atoms with Crippen LogP contribution in [0.15, 0.2) is 24.3 Å². The van der Waals surface area contributed by atoms with Gasteiger partial charge in [-0.1, -0.05) is 37.9 Å². The second-order valence-electron chi connectivity index (χ2n) is 4.96. The van der Waals surface area contributed by atoms with E-state index >= 15 is 0 Å². The first kappa shape index (κ1) is 17.5. The molecule has 0 spiro atoms. The van der Waals surface area contributed by atoms with Gasteiger partial charge in [0.05, 0.1) is 0 Å². The van der Waals surface area contributed by atoms with Crippen LogP contribution in [0.2, 0.25) is 5.02 Å². The second-order valence-corrected chi connectivity index (χ2v) is 5.40. The number of carbonyl (C=O) groups excluding carboxylic acids is 1. The Labute approximate surface area is 129 Å². The Morgan fingerprint density at radius 3 is 2.67 bits per heavy atom. The SMILES string of the molecule is CC[C@H](C)[C@H](NCCC(=O)Nc1cccc(Cl)c1)C(=O)O. The Morgan fingerprint density at radius 2 is 2.10 bits per heavy atom. The van der Waals surface area contributed by atoms with Crippen LogP contribution in [-0.2, 0) is 9.59 Å². The molecule has 0 aliphatic rings. The number of anilines is 1. The summed E-state index contributed by atoms with van der Waals surface area (Å²) in [7, 11) is 0. The summed E-state index contributed by atoms with van der Waals surface area (Å²) >= 11 is 5.83. The third-order valence-corrected chi connectivity index (χ3v) is 3.54. The minimum atomic E-state index is -0.889. The van der Waals surface area contributed by atoms with Gasteiger partial charge in [0.1, 0.15) is 6.04 Å². The van der Waals surface area contributed by atoms with E-state index in [0.717, 1.165) is 6.42 Å². The number of halogens is 1. The molecule has 116 valence electrons. The zero-order chi connectivity index (χ0) is 15.8. The zero-order valence-electron chi connectivity index (χ0n) is 12.2. The van der Waals surface area contributed by atoms with Gasteiger partial charge in [-0.05, 0) is 24.1 Å². The third kappa shape index (κ3) is 6.14. The smallest absolute Gasteiger partial charge is 0.320 e. The van der Waals surface area contributed by atoms with Crippen molar-refractivity contribution in [3.05, 3.63) is 29.3 Å². The highest BCUT2D eigenvalue weighted by Crippen LogP contribution is 2.15. The lowest BCUT2D eigenvalue weighted by Gasteiger charge is -2.20. The Balaban J connectivity index is 2.40. The van der Waals surface area contributed by atoms with Crippen molar-refractivity contribution < 1.29 is 14.7 Å². The van der Waals surface area contributed by atoms with Crippen LogP contribution in [0.1, 0.15) is 26.7 Å². The molecule has 2 atom stereocenters. The highest BCUT2D eigenvalue weighted by molar-refractivity contribution is 6.30. The normalized spacial score (nSPS) is 13.5. The number of aliphatic carboxylic acids is 1. The van der Waals surface area contributed by atoms with Crippen molar-refractivity contribution in [2.24, 2.45) is 5.92 Å². The lowest BCUT2D eigenvalue weighted by atomic mass is 9.99. The van der Waals surface area contributed by atoms with Gasteiger partial charge in [0.2, 0.25) is 5.91 Å². The molecule has 1 aromatic rings. The number of carbonyl (C=O) groups is 2. The molecule has 0 radical (unpaired) electrons. The fourth-order valence-electron chi connectivity index (χ4n) is 1.90. The van der Waals surface area contributed by atoms with E-state index in [1.807, 2.05) is 13.8 Å². The van der Waals surface area contributed by atoms with Crippen molar-refractivity contribution in [2.45, 2.75) is 32.7 Å². The van der Waals surface area contributed by atoms with Gasteiger partial charge >= 0.3 is 5.97 Å². The summed E-state index contributed by atoms with van der Waals surface area (Å²) in [4.78, 5) is 22.9. The maximum Gasteiger partial charge on any atom is 0.320 e. The molecule has 0 aromatic heterocycles. The molecule has 0 heterocycles. The first-order valence-electron chi connectivity index (χ1n) is 6.95. The van der Waals surface area contributed by atoms with E-state index in [-0.39, 0.29) is 18.2 Å². The number of rotatable bonds is 8. The average Bonchev–Trinajstić information content (AvgIpc) is 2.42. The number of amides is 1. The van der Waals surface area contributed by atoms with E-state index in [4.69, 9.17) is 16.7 Å². The van der Waals surface area contributed by atoms with Crippen LogP contribution in [0.25, 0.3) is 0 Å². The Morgan fingerprint density at radius 1 is 1.38 bits per heavy atom. The van der Waals surface area contributed by atoms with E-state index in [1.165, 1.54) is 0 Å². The van der Waals surface area contributed by atoms with Gasteiger partial charge in [-0.25, -0.2) is 0 Å². The number of hydrogen-bond donors (Lipinski definition) is 3. The molecule has 1 rings (SSSR count). The van der Waals surface area contributed by atoms with Crippen molar-refractivity contribution in [1.29, 1.82) is 0 Å². The molecule has 6 heteroatoms. The van der Waals surface area contributed by atoms with Crippen LogP contribution < -0.4 is 10.6 Å². The molecule has 0 aliphatic heterocycles. The fourth-order valence-corrected chi connectivity index (χ4v) is 2.09. The summed E-state index contributed by atoms with van der Waals surface area (Å²) in [6, 6.07) is 6.25. The van der Waals surface area contributed by atoms with Crippen LogP contribution in [0.5, 0.6) is 0 Å². The van der Waals surface area contributed by atoms with Crippen LogP contribution in [0, 0.1) is 5.92 Å². The maximum atomic E-state index is 11.8. The number of nitrogens with one attached hydrogen (secondary N) is 2. The molecule has 0 saturated carbocycles. The molecule has 1 aromatic carbocycles. The summed E-state index contributed by atoms with van der Waals surface area (Å²) in [5, 5.41) is 15.3. The summed E-state index contributed by atoms with van der Waals surface area (Å²) in [5.74, 6) is -1.06. The number of benzene rings is 1. The predicted octanol–water partition coefficient (Wildman–Crippen LogP) is 2.76. The van der Waals surface area contributed by atoms with Gasteiger partial charge in [0.25, 0.3) is 0 Å². The highest BCUT2D eigenvalue weighted by Gasteiger charge is 2.22. The Hall–Kier alpha value is -1.59. The van der Waals surface area contributed by atoms with Crippen molar-refractivity contribution >= 4 is 29.2 Å². The maximum absolute atomic E-state index is 11.8. The zero-order valence-corrected chi connectivity index (χ0v) is 13.0. The summed E-state index contributed by atoms with van der Waals surface area (Å²) in [6.45, 7) is 4.12. The lowest BCUT2D eigenvalue weighted by molar-refractivity contribution is -0.141. The topological polar surface area (TPSA) is 78.4 Å². The number of hydrogen-bond acceptors (Lipinski definition) is 3. The molecule has 0 aliphatic carbocycles.